The van der Waals surface area contributed by atoms with Crippen LogP contribution in [0.2, 0.25) is 0 Å². The van der Waals surface area contributed by atoms with Crippen molar-refractivity contribution in [2.24, 2.45) is 5.92 Å². The third-order valence-corrected chi connectivity index (χ3v) is 3.90. The summed E-state index contributed by atoms with van der Waals surface area (Å²) < 4.78 is 0. The van der Waals surface area contributed by atoms with Gasteiger partial charge in [-0.25, -0.2) is 0 Å². The molecule has 0 aliphatic heterocycles. The minimum atomic E-state index is 0.311. The molecule has 0 aromatic heterocycles. The molecule has 2 nitrogen and oxygen atoms in total. The second-order valence-corrected chi connectivity index (χ2v) is 5.49. The minimum Gasteiger partial charge on any atom is -0.342 e. The van der Waals surface area contributed by atoms with Crippen LogP contribution in [0.25, 0.3) is 0 Å². The van der Waals surface area contributed by atoms with E-state index in [1.165, 1.54) is 25.7 Å². The average Bonchev–Trinajstić information content (AvgIpc) is 2.84. The van der Waals surface area contributed by atoms with Crippen LogP contribution in [-0.2, 0) is 4.79 Å². The zero-order valence-corrected chi connectivity index (χ0v) is 11.8. The third kappa shape index (κ3) is 5.76. The van der Waals surface area contributed by atoms with Crippen LogP contribution >= 0.6 is 11.6 Å². The molecule has 0 saturated heterocycles. The van der Waals surface area contributed by atoms with E-state index in [2.05, 4.69) is 6.92 Å². The van der Waals surface area contributed by atoms with Crippen LogP contribution in [0.5, 0.6) is 0 Å². The summed E-state index contributed by atoms with van der Waals surface area (Å²) in [7, 11) is 0. The van der Waals surface area contributed by atoms with Gasteiger partial charge in [-0.05, 0) is 18.8 Å². The number of halogens is 1. The van der Waals surface area contributed by atoms with Crippen LogP contribution in [0.1, 0.15) is 58.3 Å². The highest BCUT2D eigenvalue weighted by atomic mass is 35.5. The Morgan fingerprint density at radius 1 is 1.29 bits per heavy atom. The van der Waals surface area contributed by atoms with Crippen LogP contribution in [0.15, 0.2) is 0 Å². The van der Waals surface area contributed by atoms with Crippen molar-refractivity contribution in [3.63, 3.8) is 0 Å². The summed E-state index contributed by atoms with van der Waals surface area (Å²) in [5.74, 6) is 1.67. The fourth-order valence-corrected chi connectivity index (χ4v) is 2.80. The van der Waals surface area contributed by atoms with Gasteiger partial charge in [0.05, 0.1) is 0 Å². The molecule has 0 atom stereocenters. The summed E-state index contributed by atoms with van der Waals surface area (Å²) >= 11 is 5.75. The molecule has 0 aromatic carbocycles. The molecular formula is C14H26ClNO. The van der Waals surface area contributed by atoms with Gasteiger partial charge in [-0.1, -0.05) is 39.0 Å². The molecule has 0 spiro atoms. The maximum absolute atomic E-state index is 12.1. The number of hydrogen-bond acceptors (Lipinski definition) is 1. The van der Waals surface area contributed by atoms with Crippen molar-refractivity contribution in [2.75, 3.05) is 19.0 Å². The number of carbonyl (C=O) groups is 1. The van der Waals surface area contributed by atoms with Gasteiger partial charge in [-0.2, -0.15) is 0 Å². The summed E-state index contributed by atoms with van der Waals surface area (Å²) in [4.78, 5) is 14.0. The quantitative estimate of drug-likeness (QED) is 0.607. The molecule has 0 unspecified atom stereocenters. The molecule has 17 heavy (non-hydrogen) atoms. The maximum Gasteiger partial charge on any atom is 0.222 e. The lowest BCUT2D eigenvalue weighted by Gasteiger charge is -2.22. The summed E-state index contributed by atoms with van der Waals surface area (Å²) in [6.07, 6.45) is 9.42. The first kappa shape index (κ1) is 14.8. The summed E-state index contributed by atoms with van der Waals surface area (Å²) in [5.41, 5.74) is 0. The van der Waals surface area contributed by atoms with Crippen molar-refractivity contribution in [3.8, 4) is 0 Å². The van der Waals surface area contributed by atoms with Gasteiger partial charge in [0, 0.05) is 25.4 Å². The van der Waals surface area contributed by atoms with Gasteiger partial charge in [0.1, 0.15) is 0 Å². The highest BCUT2D eigenvalue weighted by molar-refractivity contribution is 6.18. The Hall–Kier alpha value is -0.240. The molecule has 0 radical (unpaired) electrons. The molecule has 0 N–H and O–H groups in total. The zero-order chi connectivity index (χ0) is 12.5. The van der Waals surface area contributed by atoms with Gasteiger partial charge in [-0.15, -0.1) is 11.6 Å². The Morgan fingerprint density at radius 2 is 2.00 bits per heavy atom. The molecule has 1 fully saturated rings. The number of nitrogens with zero attached hydrogens (tertiary/aromatic N) is 1. The molecule has 1 aliphatic carbocycles. The molecule has 1 saturated carbocycles. The number of carbonyl (C=O) groups excluding carboxylic acids is 1. The first-order chi connectivity index (χ1) is 8.27. The van der Waals surface area contributed by atoms with E-state index in [9.17, 15) is 4.79 Å². The molecule has 3 heteroatoms. The summed E-state index contributed by atoms with van der Waals surface area (Å²) in [6, 6.07) is 0. The lowest BCUT2D eigenvalue weighted by molar-refractivity contribution is -0.131. The van der Waals surface area contributed by atoms with Gasteiger partial charge < -0.3 is 4.90 Å². The maximum atomic E-state index is 12.1. The molecule has 1 amide bonds. The van der Waals surface area contributed by atoms with E-state index in [0.717, 1.165) is 38.1 Å². The highest BCUT2D eigenvalue weighted by Gasteiger charge is 2.18. The lowest BCUT2D eigenvalue weighted by atomic mass is 10.0. The van der Waals surface area contributed by atoms with Crippen LogP contribution in [0.4, 0.5) is 0 Å². The molecule has 0 heterocycles. The molecule has 1 aliphatic rings. The minimum absolute atomic E-state index is 0.311. The standard InChI is InChI=1S/C14H26ClNO/c1-2-3-11-16(12-10-15)14(17)9-8-13-6-4-5-7-13/h13H,2-12H2,1H3. The molecule has 1 rings (SSSR count). The predicted octanol–water partition coefficient (Wildman–Crippen LogP) is 3.82. The Bertz CT molecular complexity index is 214. The van der Waals surface area contributed by atoms with E-state index in [1.54, 1.807) is 0 Å². The van der Waals surface area contributed by atoms with Crippen molar-refractivity contribution in [3.05, 3.63) is 0 Å². The highest BCUT2D eigenvalue weighted by Crippen LogP contribution is 2.28. The van der Waals surface area contributed by atoms with E-state index in [4.69, 9.17) is 11.6 Å². The van der Waals surface area contributed by atoms with Gasteiger partial charge in [-0.3, -0.25) is 4.79 Å². The van der Waals surface area contributed by atoms with Crippen LogP contribution in [0.3, 0.4) is 0 Å². The van der Waals surface area contributed by atoms with E-state index in [0.29, 0.717) is 18.3 Å². The van der Waals surface area contributed by atoms with E-state index >= 15 is 0 Å². The van der Waals surface area contributed by atoms with Gasteiger partial charge in [0.25, 0.3) is 0 Å². The number of unbranched alkanes of at least 4 members (excludes halogenated alkanes) is 1. The predicted molar refractivity (Wildman–Crippen MR) is 73.4 cm³/mol. The van der Waals surface area contributed by atoms with Crippen molar-refractivity contribution in [2.45, 2.75) is 58.3 Å². The lowest BCUT2D eigenvalue weighted by Crippen LogP contribution is -2.33. The first-order valence-electron chi connectivity index (χ1n) is 7.11. The Morgan fingerprint density at radius 3 is 2.59 bits per heavy atom. The average molecular weight is 260 g/mol. The van der Waals surface area contributed by atoms with Crippen molar-refractivity contribution in [1.29, 1.82) is 0 Å². The smallest absolute Gasteiger partial charge is 0.222 e. The molecule has 100 valence electrons. The second-order valence-electron chi connectivity index (χ2n) is 5.11. The SMILES string of the molecule is CCCCN(CCCl)C(=O)CCC1CCCC1. The molecule has 0 aromatic rings. The van der Waals surface area contributed by atoms with Crippen LogP contribution in [0, 0.1) is 5.92 Å². The molecule has 0 bridgehead atoms. The topological polar surface area (TPSA) is 20.3 Å². The van der Waals surface area contributed by atoms with E-state index in [-0.39, 0.29) is 0 Å². The zero-order valence-electron chi connectivity index (χ0n) is 11.1. The fourth-order valence-electron chi connectivity index (χ4n) is 2.60. The number of rotatable bonds is 8. The summed E-state index contributed by atoms with van der Waals surface area (Å²) in [6.45, 7) is 3.75. The Kier molecular flexibility index (Phi) is 7.67. The Balaban J connectivity index is 2.24. The summed E-state index contributed by atoms with van der Waals surface area (Å²) in [5, 5.41) is 0. The first-order valence-corrected chi connectivity index (χ1v) is 7.65. The van der Waals surface area contributed by atoms with E-state index in [1.807, 2.05) is 4.90 Å². The van der Waals surface area contributed by atoms with Crippen molar-refractivity contribution < 1.29 is 4.79 Å². The van der Waals surface area contributed by atoms with Crippen LogP contribution < -0.4 is 0 Å². The van der Waals surface area contributed by atoms with E-state index < -0.39 is 0 Å². The van der Waals surface area contributed by atoms with Crippen molar-refractivity contribution >= 4 is 17.5 Å². The number of alkyl halides is 1. The second kappa shape index (κ2) is 8.79. The normalized spacial score (nSPS) is 16.4. The van der Waals surface area contributed by atoms with Gasteiger partial charge in [0.2, 0.25) is 5.91 Å². The monoisotopic (exact) mass is 259 g/mol. The van der Waals surface area contributed by atoms with Gasteiger partial charge >= 0.3 is 0 Å². The number of hydrogen-bond donors (Lipinski definition) is 0. The molecular weight excluding hydrogens is 234 g/mol. The van der Waals surface area contributed by atoms with Crippen LogP contribution in [-0.4, -0.2) is 29.8 Å². The fraction of sp³-hybridized carbons (Fsp3) is 0.929. The van der Waals surface area contributed by atoms with Gasteiger partial charge in [0.15, 0.2) is 0 Å². The van der Waals surface area contributed by atoms with Crippen molar-refractivity contribution in [1.82, 2.24) is 4.90 Å². The Labute approximate surface area is 111 Å². The number of amides is 1. The largest absolute Gasteiger partial charge is 0.342 e. The third-order valence-electron chi connectivity index (χ3n) is 3.73.